The van der Waals surface area contributed by atoms with Crippen LogP contribution in [-0.2, 0) is 16.1 Å². The summed E-state index contributed by atoms with van der Waals surface area (Å²) in [4.78, 5) is 29.6. The molecule has 0 radical (unpaired) electrons. The fraction of sp³-hybridized carbons (Fsp3) is 0.357. The summed E-state index contributed by atoms with van der Waals surface area (Å²) in [6, 6.07) is 5.56. The third-order valence-electron chi connectivity index (χ3n) is 3.73. The van der Waals surface area contributed by atoms with Gasteiger partial charge in [-0.15, -0.1) is 0 Å². The third-order valence-corrected chi connectivity index (χ3v) is 3.73. The van der Waals surface area contributed by atoms with E-state index < -0.39 is 6.04 Å². The number of nitrogens with one attached hydrogen (secondary N) is 1. The zero-order valence-electron chi connectivity index (χ0n) is 10.9. The van der Waals surface area contributed by atoms with Crippen LogP contribution in [0.5, 0.6) is 0 Å². The first-order valence-corrected chi connectivity index (χ1v) is 6.30. The molecule has 1 fully saturated rings. The zero-order chi connectivity index (χ0) is 13.6. The number of imide groups is 1. The van der Waals surface area contributed by atoms with Crippen molar-refractivity contribution in [3.8, 4) is 0 Å². The van der Waals surface area contributed by atoms with Gasteiger partial charge in [0, 0.05) is 12.1 Å². The highest BCUT2D eigenvalue weighted by molar-refractivity contribution is 6.07. The predicted octanol–water partition coefficient (Wildman–Crippen LogP) is 1.28. The normalized spacial score (nSPS) is 22.1. The van der Waals surface area contributed by atoms with Crippen molar-refractivity contribution in [3.63, 3.8) is 0 Å². The van der Waals surface area contributed by atoms with Crippen molar-refractivity contribution in [2.75, 3.05) is 0 Å². The summed E-state index contributed by atoms with van der Waals surface area (Å²) in [6.45, 7) is 4.54. The molecule has 0 bridgehead atoms. The number of hydrogen-bond acceptors (Lipinski definition) is 4. The molecule has 1 N–H and O–H groups in total. The van der Waals surface area contributed by atoms with Gasteiger partial charge in [-0.1, -0.05) is 12.1 Å². The molecular formula is C14H15N3O2. The van der Waals surface area contributed by atoms with Crippen LogP contribution < -0.4 is 5.32 Å². The van der Waals surface area contributed by atoms with Crippen molar-refractivity contribution in [1.82, 2.24) is 10.2 Å². The minimum Gasteiger partial charge on any atom is -0.343 e. The Labute approximate surface area is 111 Å². The smallest absolute Gasteiger partial charge is 0.249 e. The first kappa shape index (κ1) is 11.9. The van der Waals surface area contributed by atoms with E-state index in [1.54, 1.807) is 0 Å². The van der Waals surface area contributed by atoms with Crippen LogP contribution in [0.3, 0.4) is 0 Å². The topological polar surface area (TPSA) is 61.8 Å². The van der Waals surface area contributed by atoms with E-state index in [9.17, 15) is 9.59 Å². The summed E-state index contributed by atoms with van der Waals surface area (Å²) in [5.74, 6) is 0.350. The van der Waals surface area contributed by atoms with Gasteiger partial charge in [0.2, 0.25) is 11.8 Å². The SMILES string of the molecule is CC1=Nc2cccc(C)c2CN1C1CC(=O)NC1=O. The van der Waals surface area contributed by atoms with Gasteiger partial charge in [0.1, 0.15) is 11.9 Å². The molecule has 1 saturated heterocycles. The number of carbonyl (C=O) groups is 2. The van der Waals surface area contributed by atoms with E-state index in [1.807, 2.05) is 36.9 Å². The number of aryl methyl sites for hydroxylation is 1. The number of hydrogen-bond donors (Lipinski definition) is 1. The lowest BCUT2D eigenvalue weighted by Gasteiger charge is -2.32. The van der Waals surface area contributed by atoms with Crippen molar-refractivity contribution in [2.24, 2.45) is 4.99 Å². The van der Waals surface area contributed by atoms with Gasteiger partial charge in [0.05, 0.1) is 12.1 Å². The molecule has 1 aromatic carbocycles. The average Bonchev–Trinajstić information content (AvgIpc) is 2.68. The van der Waals surface area contributed by atoms with Crippen LogP contribution in [0.25, 0.3) is 0 Å². The van der Waals surface area contributed by atoms with E-state index >= 15 is 0 Å². The average molecular weight is 257 g/mol. The molecule has 0 saturated carbocycles. The number of carbonyl (C=O) groups excluding carboxylic acids is 2. The monoisotopic (exact) mass is 257 g/mol. The molecule has 0 spiro atoms. The molecule has 3 rings (SSSR count). The number of nitrogens with zero attached hydrogens (tertiary/aromatic N) is 2. The van der Waals surface area contributed by atoms with Crippen LogP contribution >= 0.6 is 0 Å². The first-order chi connectivity index (χ1) is 9.06. The Bertz CT molecular complexity index is 607. The predicted molar refractivity (Wildman–Crippen MR) is 71.0 cm³/mol. The molecule has 0 aliphatic carbocycles. The van der Waals surface area contributed by atoms with E-state index in [4.69, 9.17) is 0 Å². The Morgan fingerprint density at radius 1 is 1.32 bits per heavy atom. The summed E-state index contributed by atoms with van der Waals surface area (Å²) >= 11 is 0. The molecule has 5 heteroatoms. The molecule has 2 aliphatic rings. The standard InChI is InChI=1S/C14H15N3O2/c1-8-4-3-5-11-10(8)7-17(9(2)15-11)12-6-13(18)16-14(12)19/h3-5,12H,6-7H2,1-2H3,(H,16,18,19). The highest BCUT2D eigenvalue weighted by Gasteiger charge is 2.37. The fourth-order valence-corrected chi connectivity index (χ4v) is 2.65. The van der Waals surface area contributed by atoms with E-state index in [0.717, 1.165) is 22.6 Å². The van der Waals surface area contributed by atoms with Gasteiger partial charge in [-0.05, 0) is 25.5 Å². The molecule has 2 amide bonds. The molecule has 1 aromatic rings. The Hall–Kier alpha value is -2.17. The quantitative estimate of drug-likeness (QED) is 0.771. The van der Waals surface area contributed by atoms with Crippen molar-refractivity contribution in [2.45, 2.75) is 32.9 Å². The molecule has 98 valence electrons. The Balaban J connectivity index is 1.97. The van der Waals surface area contributed by atoms with Crippen LogP contribution in [0, 0.1) is 6.92 Å². The van der Waals surface area contributed by atoms with Gasteiger partial charge in [-0.2, -0.15) is 0 Å². The van der Waals surface area contributed by atoms with Gasteiger partial charge >= 0.3 is 0 Å². The molecule has 0 aromatic heterocycles. The second-order valence-electron chi connectivity index (χ2n) is 4.99. The maximum atomic E-state index is 11.8. The van der Waals surface area contributed by atoms with Gasteiger partial charge in [0.25, 0.3) is 0 Å². The lowest BCUT2D eigenvalue weighted by Crippen LogP contribution is -2.44. The summed E-state index contributed by atoms with van der Waals surface area (Å²) in [7, 11) is 0. The van der Waals surface area contributed by atoms with Crippen LogP contribution in [0.4, 0.5) is 5.69 Å². The van der Waals surface area contributed by atoms with Gasteiger partial charge in [-0.3, -0.25) is 14.9 Å². The van der Waals surface area contributed by atoms with Crippen LogP contribution in [0.2, 0.25) is 0 Å². The molecular weight excluding hydrogens is 242 g/mol. The van der Waals surface area contributed by atoms with E-state index in [1.165, 1.54) is 0 Å². The highest BCUT2D eigenvalue weighted by Crippen LogP contribution is 2.30. The summed E-state index contributed by atoms with van der Waals surface area (Å²) in [5.41, 5.74) is 3.24. The number of amidine groups is 1. The Kier molecular flexibility index (Phi) is 2.62. The lowest BCUT2D eigenvalue weighted by molar-refractivity contribution is -0.125. The van der Waals surface area contributed by atoms with Crippen molar-refractivity contribution >= 4 is 23.3 Å². The second kappa shape index (κ2) is 4.19. The molecule has 19 heavy (non-hydrogen) atoms. The third kappa shape index (κ3) is 1.91. The largest absolute Gasteiger partial charge is 0.343 e. The number of benzene rings is 1. The van der Waals surface area contributed by atoms with Gasteiger partial charge < -0.3 is 4.90 Å². The summed E-state index contributed by atoms with van der Waals surface area (Å²) < 4.78 is 0. The Morgan fingerprint density at radius 2 is 2.11 bits per heavy atom. The van der Waals surface area contributed by atoms with Crippen LogP contribution in [-0.4, -0.2) is 28.6 Å². The Morgan fingerprint density at radius 3 is 2.79 bits per heavy atom. The molecule has 1 unspecified atom stereocenters. The maximum Gasteiger partial charge on any atom is 0.249 e. The van der Waals surface area contributed by atoms with Crippen molar-refractivity contribution in [1.29, 1.82) is 0 Å². The van der Waals surface area contributed by atoms with Crippen LogP contribution in [0.1, 0.15) is 24.5 Å². The van der Waals surface area contributed by atoms with Crippen LogP contribution in [0.15, 0.2) is 23.2 Å². The van der Waals surface area contributed by atoms with Crippen molar-refractivity contribution < 1.29 is 9.59 Å². The van der Waals surface area contributed by atoms with E-state index in [0.29, 0.717) is 6.54 Å². The van der Waals surface area contributed by atoms with Crippen molar-refractivity contribution in [3.05, 3.63) is 29.3 Å². The molecule has 5 nitrogen and oxygen atoms in total. The summed E-state index contributed by atoms with van der Waals surface area (Å²) in [5, 5.41) is 2.35. The second-order valence-corrected chi connectivity index (χ2v) is 4.99. The maximum absolute atomic E-state index is 11.8. The first-order valence-electron chi connectivity index (χ1n) is 6.30. The number of aliphatic imine (C=N–C) groups is 1. The number of rotatable bonds is 1. The van der Waals surface area contributed by atoms with E-state index in [2.05, 4.69) is 10.3 Å². The lowest BCUT2D eigenvalue weighted by atomic mass is 10.0. The molecule has 1 atom stereocenters. The highest BCUT2D eigenvalue weighted by atomic mass is 16.2. The van der Waals surface area contributed by atoms with E-state index in [-0.39, 0.29) is 18.2 Å². The minimum atomic E-state index is -0.427. The zero-order valence-corrected chi connectivity index (χ0v) is 10.9. The molecule has 2 heterocycles. The van der Waals surface area contributed by atoms with Gasteiger partial charge in [0.15, 0.2) is 0 Å². The molecule has 2 aliphatic heterocycles. The fourth-order valence-electron chi connectivity index (χ4n) is 2.65. The summed E-state index contributed by atoms with van der Waals surface area (Å²) in [6.07, 6.45) is 0.215. The van der Waals surface area contributed by atoms with Gasteiger partial charge in [-0.25, -0.2) is 4.99 Å². The minimum absolute atomic E-state index is 0.210. The number of fused-ring (bicyclic) bond motifs is 1. The number of amides is 2.